The van der Waals surface area contributed by atoms with E-state index in [2.05, 4.69) is 5.32 Å². The lowest BCUT2D eigenvalue weighted by atomic mass is 10.1. The van der Waals surface area contributed by atoms with Crippen LogP contribution in [-0.4, -0.2) is 32.2 Å². The van der Waals surface area contributed by atoms with Crippen LogP contribution < -0.4 is 14.8 Å². The van der Waals surface area contributed by atoms with Gasteiger partial charge in [0.25, 0.3) is 5.91 Å². The molecule has 0 saturated carbocycles. The Kier molecular flexibility index (Phi) is 7.07. The highest BCUT2D eigenvalue weighted by Gasteiger charge is 2.21. The monoisotopic (exact) mass is 391 g/mol. The van der Waals surface area contributed by atoms with Crippen molar-refractivity contribution in [2.24, 2.45) is 0 Å². The van der Waals surface area contributed by atoms with Crippen molar-refractivity contribution in [3.05, 3.63) is 58.1 Å². The van der Waals surface area contributed by atoms with Gasteiger partial charge in [-0.1, -0.05) is 29.8 Å². The number of carbonyl (C=O) groups is 2. The average Bonchev–Trinajstić information content (AvgIpc) is 2.67. The van der Waals surface area contributed by atoms with Gasteiger partial charge < -0.3 is 19.5 Å². The van der Waals surface area contributed by atoms with E-state index in [0.29, 0.717) is 16.5 Å². The number of nitrogens with one attached hydrogen (secondary N) is 1. The van der Waals surface area contributed by atoms with Crippen LogP contribution in [0.25, 0.3) is 0 Å². The molecule has 1 amide bonds. The van der Waals surface area contributed by atoms with Gasteiger partial charge in [0.15, 0.2) is 6.10 Å². The molecular formula is C20H22ClNO5. The molecule has 7 heteroatoms. The quantitative estimate of drug-likeness (QED) is 0.731. The van der Waals surface area contributed by atoms with E-state index < -0.39 is 18.0 Å². The van der Waals surface area contributed by atoms with Crippen LogP contribution >= 0.6 is 11.6 Å². The van der Waals surface area contributed by atoms with Crippen LogP contribution in [-0.2, 0) is 16.1 Å². The lowest BCUT2D eigenvalue weighted by molar-refractivity contribution is -0.129. The number of amides is 1. The second-order valence-corrected chi connectivity index (χ2v) is 6.27. The van der Waals surface area contributed by atoms with Gasteiger partial charge in [-0.2, -0.15) is 0 Å². The summed E-state index contributed by atoms with van der Waals surface area (Å²) >= 11 is 6.06. The van der Waals surface area contributed by atoms with Crippen molar-refractivity contribution in [3.8, 4) is 11.5 Å². The van der Waals surface area contributed by atoms with Crippen molar-refractivity contribution in [1.29, 1.82) is 0 Å². The van der Waals surface area contributed by atoms with Gasteiger partial charge in [0.2, 0.25) is 0 Å². The second kappa shape index (κ2) is 9.28. The molecule has 0 aliphatic heterocycles. The first kappa shape index (κ1) is 20.6. The molecule has 0 aliphatic carbocycles. The van der Waals surface area contributed by atoms with E-state index in [1.165, 1.54) is 21.1 Å². The van der Waals surface area contributed by atoms with Crippen molar-refractivity contribution in [2.45, 2.75) is 26.5 Å². The van der Waals surface area contributed by atoms with Crippen LogP contribution in [0.1, 0.15) is 28.4 Å². The Morgan fingerprint density at radius 3 is 2.26 bits per heavy atom. The summed E-state index contributed by atoms with van der Waals surface area (Å²) in [4.78, 5) is 24.6. The van der Waals surface area contributed by atoms with Gasteiger partial charge in [0, 0.05) is 17.1 Å². The maximum Gasteiger partial charge on any atom is 0.339 e. The zero-order valence-electron chi connectivity index (χ0n) is 15.7. The summed E-state index contributed by atoms with van der Waals surface area (Å²) in [5.41, 5.74) is 1.78. The fraction of sp³-hybridized carbons (Fsp3) is 0.300. The molecule has 0 fully saturated rings. The van der Waals surface area contributed by atoms with Crippen molar-refractivity contribution >= 4 is 23.5 Å². The molecule has 144 valence electrons. The van der Waals surface area contributed by atoms with Crippen LogP contribution in [0.2, 0.25) is 5.02 Å². The Hall–Kier alpha value is -2.73. The zero-order chi connectivity index (χ0) is 20.0. The van der Waals surface area contributed by atoms with Crippen molar-refractivity contribution in [2.75, 3.05) is 14.2 Å². The molecule has 1 N–H and O–H groups in total. The molecule has 2 aromatic rings. The number of methoxy groups -OCH3 is 2. The highest BCUT2D eigenvalue weighted by atomic mass is 35.5. The predicted molar refractivity (Wildman–Crippen MR) is 102 cm³/mol. The normalized spacial score (nSPS) is 11.4. The predicted octanol–water partition coefficient (Wildman–Crippen LogP) is 3.53. The van der Waals surface area contributed by atoms with Gasteiger partial charge in [-0.3, -0.25) is 4.79 Å². The Morgan fingerprint density at radius 1 is 1.11 bits per heavy atom. The highest BCUT2D eigenvalue weighted by molar-refractivity contribution is 6.31. The van der Waals surface area contributed by atoms with E-state index in [1.54, 1.807) is 18.2 Å². The van der Waals surface area contributed by atoms with Crippen molar-refractivity contribution < 1.29 is 23.8 Å². The molecule has 0 aromatic heterocycles. The SMILES string of the molecule is COc1cc(C(=O)OC(C)C(=O)NCc2ccccc2Cl)cc(OC)c1C. The third kappa shape index (κ3) is 5.14. The smallest absolute Gasteiger partial charge is 0.339 e. The summed E-state index contributed by atoms with van der Waals surface area (Å²) in [5, 5.41) is 3.26. The lowest BCUT2D eigenvalue weighted by Gasteiger charge is -2.16. The minimum atomic E-state index is -0.974. The van der Waals surface area contributed by atoms with Crippen molar-refractivity contribution in [1.82, 2.24) is 5.32 Å². The summed E-state index contributed by atoms with van der Waals surface area (Å²) in [6.45, 7) is 3.56. The molecule has 0 aliphatic rings. The minimum Gasteiger partial charge on any atom is -0.496 e. The Bertz CT molecular complexity index is 812. The van der Waals surface area contributed by atoms with Crippen molar-refractivity contribution in [3.63, 3.8) is 0 Å². The summed E-state index contributed by atoms with van der Waals surface area (Å²) in [6, 6.07) is 10.3. The van der Waals surface area contributed by atoms with Crippen LogP contribution in [0.15, 0.2) is 36.4 Å². The molecular weight excluding hydrogens is 370 g/mol. The van der Waals surface area contributed by atoms with Crippen LogP contribution in [0.5, 0.6) is 11.5 Å². The fourth-order valence-electron chi connectivity index (χ4n) is 2.45. The van der Waals surface area contributed by atoms with Gasteiger partial charge in [-0.15, -0.1) is 0 Å². The third-order valence-corrected chi connectivity index (χ3v) is 4.42. The number of hydrogen-bond donors (Lipinski definition) is 1. The maximum atomic E-state index is 12.4. The molecule has 0 saturated heterocycles. The molecule has 0 spiro atoms. The molecule has 2 rings (SSSR count). The highest BCUT2D eigenvalue weighted by Crippen LogP contribution is 2.29. The number of benzene rings is 2. The van der Waals surface area contributed by atoms with Gasteiger partial charge in [0.05, 0.1) is 19.8 Å². The molecule has 1 unspecified atom stereocenters. The van der Waals surface area contributed by atoms with E-state index in [0.717, 1.165) is 11.1 Å². The Labute approximate surface area is 163 Å². The number of halogens is 1. The van der Waals surface area contributed by atoms with E-state index in [4.69, 9.17) is 25.8 Å². The lowest BCUT2D eigenvalue weighted by Crippen LogP contribution is -2.35. The third-order valence-electron chi connectivity index (χ3n) is 4.05. The molecule has 0 bridgehead atoms. The summed E-state index contributed by atoms with van der Waals surface area (Å²) < 4.78 is 15.8. The first-order chi connectivity index (χ1) is 12.9. The largest absolute Gasteiger partial charge is 0.496 e. The number of hydrogen-bond acceptors (Lipinski definition) is 5. The summed E-state index contributed by atoms with van der Waals surface area (Å²) in [5.74, 6) is -0.0736. The first-order valence-corrected chi connectivity index (χ1v) is 8.69. The molecule has 2 aromatic carbocycles. The summed E-state index contributed by atoms with van der Waals surface area (Å²) in [6.07, 6.45) is -0.974. The topological polar surface area (TPSA) is 73.9 Å². The van der Waals surface area contributed by atoms with Gasteiger partial charge in [0.1, 0.15) is 11.5 Å². The average molecular weight is 392 g/mol. The molecule has 6 nitrogen and oxygen atoms in total. The second-order valence-electron chi connectivity index (χ2n) is 5.86. The fourth-order valence-corrected chi connectivity index (χ4v) is 2.66. The Morgan fingerprint density at radius 2 is 1.70 bits per heavy atom. The number of ether oxygens (including phenoxy) is 3. The van der Waals surface area contributed by atoms with Gasteiger partial charge in [-0.05, 0) is 37.6 Å². The Balaban J connectivity index is 2.02. The number of carbonyl (C=O) groups excluding carboxylic acids is 2. The van der Waals surface area contributed by atoms with E-state index in [9.17, 15) is 9.59 Å². The first-order valence-electron chi connectivity index (χ1n) is 8.32. The summed E-state index contributed by atoms with van der Waals surface area (Å²) in [7, 11) is 3.00. The van der Waals surface area contributed by atoms with E-state index in [-0.39, 0.29) is 12.1 Å². The molecule has 27 heavy (non-hydrogen) atoms. The number of esters is 1. The maximum absolute atomic E-state index is 12.4. The van der Waals surface area contributed by atoms with Gasteiger partial charge in [-0.25, -0.2) is 4.79 Å². The standard InChI is InChI=1S/C20H22ClNO5/c1-12-17(25-3)9-15(10-18(12)26-4)20(24)27-13(2)19(23)22-11-14-7-5-6-8-16(14)21/h5-10,13H,11H2,1-4H3,(H,22,23). The van der Waals surface area contributed by atoms with Crippen LogP contribution in [0, 0.1) is 6.92 Å². The number of rotatable bonds is 7. The zero-order valence-corrected chi connectivity index (χ0v) is 16.4. The molecule has 1 atom stereocenters. The molecule has 0 heterocycles. The van der Waals surface area contributed by atoms with Gasteiger partial charge >= 0.3 is 5.97 Å². The molecule has 0 radical (unpaired) electrons. The van der Waals surface area contributed by atoms with E-state index in [1.807, 2.05) is 25.1 Å². The van der Waals surface area contributed by atoms with Crippen LogP contribution in [0.3, 0.4) is 0 Å². The minimum absolute atomic E-state index is 0.236. The van der Waals surface area contributed by atoms with E-state index >= 15 is 0 Å². The van der Waals surface area contributed by atoms with Crippen LogP contribution in [0.4, 0.5) is 0 Å².